The van der Waals surface area contributed by atoms with Crippen LogP contribution in [-0.4, -0.2) is 4.57 Å². The molecule has 0 amide bonds. The Bertz CT molecular complexity index is 480. The van der Waals surface area contributed by atoms with Crippen molar-refractivity contribution in [2.75, 3.05) is 0 Å². The molecule has 0 aromatic carbocycles. The van der Waals surface area contributed by atoms with Crippen LogP contribution in [0.4, 0.5) is 0 Å². The van der Waals surface area contributed by atoms with Gasteiger partial charge in [0.05, 0.1) is 0 Å². The average molecular weight is 234 g/mol. The van der Waals surface area contributed by atoms with Crippen LogP contribution in [0.25, 0.3) is 0 Å². The average Bonchev–Trinajstić information content (AvgIpc) is 2.68. The summed E-state index contributed by atoms with van der Waals surface area (Å²) in [4.78, 5) is 12.4. The van der Waals surface area contributed by atoms with Crippen LogP contribution in [0.1, 0.15) is 50.4 Å². The molecule has 1 aliphatic rings. The number of fused-ring (bicyclic) bond motifs is 1. The molecule has 0 bridgehead atoms. The molecule has 3 nitrogen and oxygen atoms in total. The van der Waals surface area contributed by atoms with Gasteiger partial charge in [0.2, 0.25) is 0 Å². The molecule has 0 radical (unpaired) electrons. The number of aryl methyl sites for hydroxylation is 1. The Morgan fingerprint density at radius 1 is 1.41 bits per heavy atom. The molecular weight excluding hydrogens is 212 g/mol. The molecule has 1 heterocycles. The van der Waals surface area contributed by atoms with E-state index in [9.17, 15) is 4.79 Å². The van der Waals surface area contributed by atoms with Crippen LogP contribution in [0.15, 0.2) is 10.9 Å². The molecule has 1 aliphatic carbocycles. The topological polar surface area (TPSA) is 48.0 Å². The molecule has 0 fully saturated rings. The lowest BCUT2D eigenvalue weighted by molar-refractivity contribution is 0.525. The Hall–Kier alpha value is -1.09. The van der Waals surface area contributed by atoms with E-state index in [4.69, 9.17) is 5.73 Å². The van der Waals surface area contributed by atoms with Crippen molar-refractivity contribution < 1.29 is 0 Å². The van der Waals surface area contributed by atoms with Gasteiger partial charge in [-0.1, -0.05) is 6.92 Å². The van der Waals surface area contributed by atoms with Crippen LogP contribution < -0.4 is 11.3 Å². The monoisotopic (exact) mass is 234 g/mol. The van der Waals surface area contributed by atoms with Gasteiger partial charge < -0.3 is 10.3 Å². The maximum absolute atomic E-state index is 12.4. The van der Waals surface area contributed by atoms with Gasteiger partial charge in [0.15, 0.2) is 0 Å². The van der Waals surface area contributed by atoms with Crippen LogP contribution >= 0.6 is 0 Å². The minimum atomic E-state index is -0.551. The number of rotatable bonds is 3. The Kier molecular flexibility index (Phi) is 3.13. The van der Waals surface area contributed by atoms with Gasteiger partial charge in [-0.3, -0.25) is 4.79 Å². The smallest absolute Gasteiger partial charge is 0.255 e. The predicted molar refractivity (Wildman–Crippen MR) is 70.2 cm³/mol. The zero-order chi connectivity index (χ0) is 12.6. The second-order valence-electron chi connectivity index (χ2n) is 5.56. The first kappa shape index (κ1) is 12.4. The van der Waals surface area contributed by atoms with E-state index in [1.54, 1.807) is 0 Å². The molecule has 0 spiro atoms. The Morgan fingerprint density at radius 2 is 2.12 bits per heavy atom. The van der Waals surface area contributed by atoms with Crippen molar-refractivity contribution in [3.8, 4) is 0 Å². The Morgan fingerprint density at radius 3 is 2.71 bits per heavy atom. The van der Waals surface area contributed by atoms with E-state index in [0.717, 1.165) is 37.8 Å². The summed E-state index contributed by atoms with van der Waals surface area (Å²) in [7, 11) is 0. The fourth-order valence-corrected chi connectivity index (χ4v) is 2.64. The summed E-state index contributed by atoms with van der Waals surface area (Å²) in [5.74, 6) is 0. The molecule has 0 atom stereocenters. The number of hydrogen-bond donors (Lipinski definition) is 1. The van der Waals surface area contributed by atoms with Gasteiger partial charge in [-0.15, -0.1) is 0 Å². The molecule has 0 aliphatic heterocycles. The van der Waals surface area contributed by atoms with E-state index in [-0.39, 0.29) is 5.56 Å². The second kappa shape index (κ2) is 4.30. The molecule has 0 saturated heterocycles. The quantitative estimate of drug-likeness (QED) is 0.869. The summed E-state index contributed by atoms with van der Waals surface area (Å²) < 4.78 is 1.95. The van der Waals surface area contributed by atoms with Gasteiger partial charge in [-0.05, 0) is 51.2 Å². The molecule has 17 heavy (non-hydrogen) atoms. The van der Waals surface area contributed by atoms with Crippen LogP contribution in [0.3, 0.4) is 0 Å². The molecule has 1 aromatic heterocycles. The summed E-state index contributed by atoms with van der Waals surface area (Å²) >= 11 is 0. The van der Waals surface area contributed by atoms with E-state index in [2.05, 4.69) is 6.92 Å². The largest absolute Gasteiger partial charge is 0.322 e. The number of nitrogens with two attached hydrogens (primary N) is 1. The third-order valence-electron chi connectivity index (χ3n) is 3.49. The first-order valence-corrected chi connectivity index (χ1v) is 6.50. The standard InChI is InChI=1S/C14H22N2O/c1-4-8-16-12-7-5-6-10(12)9-11(13(16)17)14(2,3)15/h9H,4-8,15H2,1-3H3. The summed E-state index contributed by atoms with van der Waals surface area (Å²) in [5.41, 5.74) is 8.99. The van der Waals surface area contributed by atoms with E-state index in [0.29, 0.717) is 0 Å². The molecule has 0 unspecified atom stereocenters. The zero-order valence-corrected chi connectivity index (χ0v) is 11.0. The van der Waals surface area contributed by atoms with Gasteiger partial charge in [0, 0.05) is 23.3 Å². The van der Waals surface area contributed by atoms with Crippen molar-refractivity contribution in [1.29, 1.82) is 0 Å². The lowest BCUT2D eigenvalue weighted by atomic mass is 9.95. The highest BCUT2D eigenvalue weighted by molar-refractivity contribution is 5.33. The van der Waals surface area contributed by atoms with Crippen LogP contribution in [0.5, 0.6) is 0 Å². The molecule has 0 saturated carbocycles. The normalized spacial score (nSPS) is 15.1. The minimum Gasteiger partial charge on any atom is -0.322 e. The fourth-order valence-electron chi connectivity index (χ4n) is 2.64. The van der Waals surface area contributed by atoms with Gasteiger partial charge in [-0.2, -0.15) is 0 Å². The Balaban J connectivity index is 2.65. The van der Waals surface area contributed by atoms with Gasteiger partial charge in [0.25, 0.3) is 5.56 Å². The summed E-state index contributed by atoms with van der Waals surface area (Å²) in [6, 6.07) is 2.04. The summed E-state index contributed by atoms with van der Waals surface area (Å²) in [6.45, 7) is 6.72. The highest BCUT2D eigenvalue weighted by Crippen LogP contribution is 2.24. The summed E-state index contributed by atoms with van der Waals surface area (Å²) in [6.07, 6.45) is 4.27. The van der Waals surface area contributed by atoms with Gasteiger partial charge >= 0.3 is 0 Å². The highest BCUT2D eigenvalue weighted by Gasteiger charge is 2.24. The van der Waals surface area contributed by atoms with Gasteiger partial charge in [-0.25, -0.2) is 0 Å². The van der Waals surface area contributed by atoms with Crippen molar-refractivity contribution >= 4 is 0 Å². The lowest BCUT2D eigenvalue weighted by Crippen LogP contribution is -2.39. The zero-order valence-electron chi connectivity index (χ0n) is 11.0. The number of hydrogen-bond acceptors (Lipinski definition) is 2. The van der Waals surface area contributed by atoms with Crippen molar-refractivity contribution in [2.45, 2.75) is 58.5 Å². The van der Waals surface area contributed by atoms with Crippen molar-refractivity contribution in [3.63, 3.8) is 0 Å². The van der Waals surface area contributed by atoms with Crippen molar-refractivity contribution in [2.24, 2.45) is 5.73 Å². The highest BCUT2D eigenvalue weighted by atomic mass is 16.1. The maximum Gasteiger partial charge on any atom is 0.255 e. The van der Waals surface area contributed by atoms with E-state index < -0.39 is 5.54 Å². The van der Waals surface area contributed by atoms with Crippen LogP contribution in [0.2, 0.25) is 0 Å². The third-order valence-corrected chi connectivity index (χ3v) is 3.49. The Labute approximate surface area is 103 Å². The SMILES string of the molecule is CCCn1c2c(cc(C(C)(C)N)c1=O)CCC2. The number of nitrogens with zero attached hydrogens (tertiary/aromatic N) is 1. The van der Waals surface area contributed by atoms with Crippen molar-refractivity contribution in [3.05, 3.63) is 33.2 Å². The van der Waals surface area contributed by atoms with E-state index >= 15 is 0 Å². The molecule has 2 N–H and O–H groups in total. The van der Waals surface area contributed by atoms with E-state index in [1.165, 1.54) is 11.3 Å². The molecule has 1 aromatic rings. The number of aromatic nitrogens is 1. The number of pyridine rings is 1. The van der Waals surface area contributed by atoms with Gasteiger partial charge in [0.1, 0.15) is 0 Å². The lowest BCUT2D eigenvalue weighted by Gasteiger charge is -2.22. The third kappa shape index (κ3) is 2.16. The molecular formula is C14H22N2O. The fraction of sp³-hybridized carbons (Fsp3) is 0.643. The first-order chi connectivity index (χ1) is 7.95. The molecule has 3 heteroatoms. The summed E-state index contributed by atoms with van der Waals surface area (Å²) in [5, 5.41) is 0. The second-order valence-corrected chi connectivity index (χ2v) is 5.56. The van der Waals surface area contributed by atoms with Crippen LogP contribution in [0, 0.1) is 0 Å². The maximum atomic E-state index is 12.4. The van der Waals surface area contributed by atoms with Crippen LogP contribution in [-0.2, 0) is 24.9 Å². The predicted octanol–water partition coefficient (Wildman–Crippen LogP) is 1.94. The molecule has 94 valence electrons. The van der Waals surface area contributed by atoms with Crippen molar-refractivity contribution in [1.82, 2.24) is 4.57 Å². The first-order valence-electron chi connectivity index (χ1n) is 6.50. The minimum absolute atomic E-state index is 0.111. The molecule has 2 rings (SSSR count). The van der Waals surface area contributed by atoms with E-state index in [1.807, 2.05) is 24.5 Å².